The molecule has 1 rings (SSSR count). The van der Waals surface area contributed by atoms with Gasteiger partial charge in [0.2, 0.25) is 0 Å². The second-order valence-electron chi connectivity index (χ2n) is 5.65. The van der Waals surface area contributed by atoms with Gasteiger partial charge in [0.1, 0.15) is 0 Å². The van der Waals surface area contributed by atoms with Gasteiger partial charge in [0.15, 0.2) is 0 Å². The van der Waals surface area contributed by atoms with Crippen LogP contribution in [-0.2, 0) is 0 Å². The van der Waals surface area contributed by atoms with Crippen molar-refractivity contribution < 1.29 is 0 Å². The highest BCUT2D eigenvalue weighted by Crippen LogP contribution is 2.49. The summed E-state index contributed by atoms with van der Waals surface area (Å²) in [7, 11) is 0. The van der Waals surface area contributed by atoms with Gasteiger partial charge in [-0.25, -0.2) is 0 Å². The Morgan fingerprint density at radius 2 is 1.50 bits per heavy atom. The lowest BCUT2D eigenvalue weighted by Crippen LogP contribution is -2.23. The summed E-state index contributed by atoms with van der Waals surface area (Å²) in [6.07, 6.45) is 14.6. The van der Waals surface area contributed by atoms with Crippen molar-refractivity contribution in [2.75, 3.05) is 13.1 Å². The van der Waals surface area contributed by atoms with Crippen molar-refractivity contribution in [2.45, 2.75) is 78.1 Å². The average Bonchev–Trinajstić information content (AvgIpc) is 3.06. The molecule has 0 aromatic rings. The maximum atomic E-state index is 3.52. The van der Waals surface area contributed by atoms with Crippen LogP contribution in [0.15, 0.2) is 0 Å². The summed E-state index contributed by atoms with van der Waals surface area (Å²) in [6.45, 7) is 6.92. The molecule has 0 amide bonds. The first-order chi connectivity index (χ1) is 7.83. The zero-order valence-electron chi connectivity index (χ0n) is 11.5. The summed E-state index contributed by atoms with van der Waals surface area (Å²) in [5, 5.41) is 3.52. The fourth-order valence-electron chi connectivity index (χ4n) is 2.54. The van der Waals surface area contributed by atoms with Gasteiger partial charge >= 0.3 is 0 Å². The zero-order valence-corrected chi connectivity index (χ0v) is 11.5. The van der Waals surface area contributed by atoms with Gasteiger partial charge in [0.25, 0.3) is 0 Å². The SMILES string of the molecule is CCCCCCCCCC1(CNCC)CC1. The van der Waals surface area contributed by atoms with Crippen molar-refractivity contribution in [1.82, 2.24) is 5.32 Å². The predicted molar refractivity (Wildman–Crippen MR) is 72.8 cm³/mol. The Morgan fingerprint density at radius 3 is 2.06 bits per heavy atom. The van der Waals surface area contributed by atoms with Crippen LogP contribution >= 0.6 is 0 Å². The van der Waals surface area contributed by atoms with Crippen molar-refractivity contribution in [2.24, 2.45) is 5.41 Å². The molecule has 16 heavy (non-hydrogen) atoms. The molecular formula is C15H31N. The predicted octanol–water partition coefficient (Wildman–Crippen LogP) is 4.52. The van der Waals surface area contributed by atoms with E-state index in [0.717, 1.165) is 12.0 Å². The molecule has 1 fully saturated rings. The van der Waals surface area contributed by atoms with Crippen LogP contribution in [0, 0.1) is 5.41 Å². The number of hydrogen-bond acceptors (Lipinski definition) is 1. The van der Waals surface area contributed by atoms with Crippen molar-refractivity contribution in [3.63, 3.8) is 0 Å². The van der Waals surface area contributed by atoms with Crippen LogP contribution in [0.2, 0.25) is 0 Å². The number of hydrogen-bond donors (Lipinski definition) is 1. The van der Waals surface area contributed by atoms with Gasteiger partial charge in [-0.3, -0.25) is 0 Å². The Hall–Kier alpha value is -0.0400. The monoisotopic (exact) mass is 225 g/mol. The summed E-state index contributed by atoms with van der Waals surface area (Å²) < 4.78 is 0. The van der Waals surface area contributed by atoms with E-state index in [-0.39, 0.29) is 0 Å². The average molecular weight is 225 g/mol. The molecule has 0 aliphatic heterocycles. The Balaban J connectivity index is 1.87. The number of unbranched alkanes of at least 4 members (excludes halogenated alkanes) is 6. The summed E-state index contributed by atoms with van der Waals surface area (Å²) in [5.41, 5.74) is 0.736. The Morgan fingerprint density at radius 1 is 0.875 bits per heavy atom. The third-order valence-corrected chi connectivity index (χ3v) is 4.02. The first-order valence-electron chi connectivity index (χ1n) is 7.54. The van der Waals surface area contributed by atoms with Crippen LogP contribution in [0.5, 0.6) is 0 Å². The number of rotatable bonds is 11. The molecule has 0 bridgehead atoms. The quantitative estimate of drug-likeness (QED) is 0.510. The molecule has 0 aromatic carbocycles. The molecule has 0 aromatic heterocycles. The summed E-state index contributed by atoms with van der Waals surface area (Å²) in [6, 6.07) is 0. The van der Waals surface area contributed by atoms with E-state index in [9.17, 15) is 0 Å². The van der Waals surface area contributed by atoms with E-state index in [0.29, 0.717) is 0 Å². The molecule has 0 spiro atoms. The fraction of sp³-hybridized carbons (Fsp3) is 1.00. The van der Waals surface area contributed by atoms with Crippen LogP contribution in [0.25, 0.3) is 0 Å². The van der Waals surface area contributed by atoms with Gasteiger partial charge < -0.3 is 5.32 Å². The van der Waals surface area contributed by atoms with Gasteiger partial charge in [-0.2, -0.15) is 0 Å². The van der Waals surface area contributed by atoms with Gasteiger partial charge in [0, 0.05) is 6.54 Å². The van der Waals surface area contributed by atoms with E-state index in [2.05, 4.69) is 19.2 Å². The van der Waals surface area contributed by atoms with Crippen LogP contribution in [-0.4, -0.2) is 13.1 Å². The third kappa shape index (κ3) is 5.89. The van der Waals surface area contributed by atoms with Crippen molar-refractivity contribution in [3.8, 4) is 0 Å². The molecule has 1 nitrogen and oxygen atoms in total. The fourth-order valence-corrected chi connectivity index (χ4v) is 2.54. The summed E-state index contributed by atoms with van der Waals surface area (Å²) in [5.74, 6) is 0. The van der Waals surface area contributed by atoms with Crippen molar-refractivity contribution >= 4 is 0 Å². The van der Waals surface area contributed by atoms with Crippen molar-refractivity contribution in [1.29, 1.82) is 0 Å². The van der Waals surface area contributed by atoms with E-state index in [4.69, 9.17) is 0 Å². The molecule has 1 aliphatic rings. The molecule has 0 radical (unpaired) electrons. The lowest BCUT2D eigenvalue weighted by molar-refractivity contribution is 0.406. The van der Waals surface area contributed by atoms with Crippen LogP contribution < -0.4 is 5.32 Å². The van der Waals surface area contributed by atoms with E-state index < -0.39 is 0 Å². The smallest absolute Gasteiger partial charge is 0.000770 e. The normalized spacial score (nSPS) is 17.6. The molecule has 1 N–H and O–H groups in total. The minimum atomic E-state index is 0.736. The van der Waals surface area contributed by atoms with Crippen LogP contribution in [0.1, 0.15) is 78.1 Å². The Labute approximate surface area is 102 Å². The molecule has 1 saturated carbocycles. The Bertz CT molecular complexity index is 161. The molecular weight excluding hydrogens is 194 g/mol. The van der Waals surface area contributed by atoms with E-state index in [1.807, 2.05) is 0 Å². The first-order valence-corrected chi connectivity index (χ1v) is 7.54. The van der Waals surface area contributed by atoms with Gasteiger partial charge in [-0.05, 0) is 31.2 Å². The Kier molecular flexibility index (Phi) is 7.11. The lowest BCUT2D eigenvalue weighted by atomic mass is 9.97. The topological polar surface area (TPSA) is 12.0 Å². The highest BCUT2D eigenvalue weighted by Gasteiger charge is 2.40. The van der Waals surface area contributed by atoms with E-state index in [1.165, 1.54) is 70.8 Å². The van der Waals surface area contributed by atoms with Gasteiger partial charge in [-0.1, -0.05) is 58.8 Å². The molecule has 0 heterocycles. The van der Waals surface area contributed by atoms with E-state index in [1.54, 1.807) is 0 Å². The van der Waals surface area contributed by atoms with Crippen LogP contribution in [0.3, 0.4) is 0 Å². The highest BCUT2D eigenvalue weighted by molar-refractivity contribution is 4.94. The molecule has 1 heteroatoms. The second-order valence-corrected chi connectivity index (χ2v) is 5.65. The highest BCUT2D eigenvalue weighted by atomic mass is 14.9. The summed E-state index contributed by atoms with van der Waals surface area (Å²) in [4.78, 5) is 0. The minimum absolute atomic E-state index is 0.736. The second kappa shape index (κ2) is 8.11. The number of nitrogens with one attached hydrogen (secondary N) is 1. The molecule has 1 aliphatic carbocycles. The van der Waals surface area contributed by atoms with Crippen molar-refractivity contribution in [3.05, 3.63) is 0 Å². The lowest BCUT2D eigenvalue weighted by Gasteiger charge is -2.14. The van der Waals surface area contributed by atoms with Gasteiger partial charge in [0.05, 0.1) is 0 Å². The third-order valence-electron chi connectivity index (χ3n) is 4.02. The molecule has 96 valence electrons. The molecule has 0 atom stereocenters. The minimum Gasteiger partial charge on any atom is -0.316 e. The first kappa shape index (κ1) is 14.0. The maximum Gasteiger partial charge on any atom is 0.000770 e. The van der Waals surface area contributed by atoms with E-state index >= 15 is 0 Å². The summed E-state index contributed by atoms with van der Waals surface area (Å²) >= 11 is 0. The standard InChI is InChI=1S/C15H31N/c1-3-5-6-7-8-9-10-11-15(12-13-15)14-16-4-2/h16H,3-14H2,1-2H3. The van der Waals surface area contributed by atoms with Crippen LogP contribution in [0.4, 0.5) is 0 Å². The largest absolute Gasteiger partial charge is 0.316 e. The molecule has 0 unspecified atom stereocenters. The maximum absolute atomic E-state index is 3.52. The van der Waals surface area contributed by atoms with Gasteiger partial charge in [-0.15, -0.1) is 0 Å². The zero-order chi connectivity index (χ0) is 11.7. The molecule has 0 saturated heterocycles.